The molecule has 0 fully saturated rings. The van der Waals surface area contributed by atoms with E-state index in [1.165, 1.54) is 205 Å². The lowest BCUT2D eigenvalue weighted by Gasteiger charge is -2.15. The lowest BCUT2D eigenvalue weighted by molar-refractivity contribution is -0.161. The van der Waals surface area contributed by atoms with Gasteiger partial charge in [-0.3, -0.25) is 9.59 Å². The number of ether oxygens (including phenoxy) is 2. The molecule has 0 saturated heterocycles. The predicted octanol–water partition coefficient (Wildman–Crippen LogP) is 21.5. The van der Waals surface area contributed by atoms with Crippen molar-refractivity contribution in [2.45, 2.75) is 328 Å². The average molecular weight is 1010 g/mol. The maximum Gasteiger partial charge on any atom is 0.306 e. The summed E-state index contributed by atoms with van der Waals surface area (Å²) in [6.45, 7) is 4.04. The van der Waals surface area contributed by atoms with E-state index in [1.807, 2.05) is 0 Å². The molecular weight excluding hydrogens is 885 g/mol. The van der Waals surface area contributed by atoms with Gasteiger partial charge in [-0.1, -0.05) is 299 Å². The summed E-state index contributed by atoms with van der Waals surface area (Å²) in [5, 5.41) is 9.66. The zero-order valence-corrected chi connectivity index (χ0v) is 47.9. The fourth-order valence-corrected chi connectivity index (χ4v) is 9.29. The summed E-state index contributed by atoms with van der Waals surface area (Å²) in [5.41, 5.74) is 0. The molecule has 0 amide bonds. The average Bonchev–Trinajstić information content (AvgIpc) is 3.38. The first-order valence-corrected chi connectivity index (χ1v) is 31.5. The van der Waals surface area contributed by atoms with Crippen LogP contribution in [0.25, 0.3) is 0 Å². The van der Waals surface area contributed by atoms with E-state index in [2.05, 4.69) is 86.8 Å². The molecule has 0 spiro atoms. The SMILES string of the molecule is CC/C=C\C/C=C\C/C=C\C/C=C\C/C=C\CCCCCCCC(=O)OC(CO)COC(=O)CCCCCCCCCCCCCCCCCCCCCCCCCCC/C=C\CCCCCCCCCC. The minimum absolute atomic E-state index is 0.0738. The molecule has 0 aromatic heterocycles. The standard InChI is InChI=1S/C67H120O5/c1-3-5-7-9-11-13-15-17-19-21-23-25-26-27-28-29-30-31-32-33-34-35-36-37-38-39-40-42-43-45-47-49-51-53-55-57-59-61-66(69)71-64-65(63-68)72-67(70)62-60-58-56-54-52-50-48-46-44-41-24-22-20-18-16-14-12-10-8-6-4-2/h6,8,12,14,18,20-21,23-24,41,46,48,65,68H,3-5,7,9-11,13,15-17,19,22,25-40,42-45,47,49-64H2,1-2H3/b8-6-,14-12-,20-18-,23-21-,41-24-,48-46-. The van der Waals surface area contributed by atoms with Gasteiger partial charge in [0.1, 0.15) is 6.61 Å². The molecule has 1 N–H and O–H groups in total. The fourth-order valence-electron chi connectivity index (χ4n) is 9.29. The third-order valence-corrected chi connectivity index (χ3v) is 14.0. The Morgan fingerprint density at radius 1 is 0.333 bits per heavy atom. The molecular formula is C67H120O5. The zero-order chi connectivity index (χ0) is 52.0. The topological polar surface area (TPSA) is 72.8 Å². The van der Waals surface area contributed by atoms with E-state index in [4.69, 9.17) is 9.47 Å². The first-order valence-electron chi connectivity index (χ1n) is 31.5. The van der Waals surface area contributed by atoms with E-state index >= 15 is 0 Å². The highest BCUT2D eigenvalue weighted by Gasteiger charge is 2.16. The Labute approximate surface area is 448 Å². The summed E-state index contributed by atoms with van der Waals surface area (Å²) in [7, 11) is 0. The van der Waals surface area contributed by atoms with Gasteiger partial charge < -0.3 is 14.6 Å². The second kappa shape index (κ2) is 62.6. The van der Waals surface area contributed by atoms with Crippen molar-refractivity contribution in [2.24, 2.45) is 0 Å². The quantitative estimate of drug-likeness (QED) is 0.0373. The molecule has 72 heavy (non-hydrogen) atoms. The smallest absolute Gasteiger partial charge is 0.306 e. The number of aliphatic hydroxyl groups excluding tert-OH is 1. The van der Waals surface area contributed by atoms with Crippen LogP contribution in [0.4, 0.5) is 0 Å². The van der Waals surface area contributed by atoms with Gasteiger partial charge in [-0.05, 0) is 83.5 Å². The van der Waals surface area contributed by atoms with Gasteiger partial charge >= 0.3 is 11.9 Å². The number of aliphatic hydroxyl groups is 1. The summed E-state index contributed by atoms with van der Waals surface area (Å²) in [5.74, 6) is -0.603. The Morgan fingerprint density at radius 3 is 0.917 bits per heavy atom. The molecule has 0 aliphatic heterocycles. The molecule has 0 heterocycles. The molecule has 0 aliphatic carbocycles. The maximum atomic E-state index is 12.3. The van der Waals surface area contributed by atoms with E-state index in [-0.39, 0.29) is 25.2 Å². The van der Waals surface area contributed by atoms with E-state index in [0.717, 1.165) is 89.9 Å². The Kier molecular flexibility index (Phi) is 60.3. The first kappa shape index (κ1) is 69.3. The molecule has 5 heteroatoms. The number of carbonyl (C=O) groups is 2. The highest BCUT2D eigenvalue weighted by atomic mass is 16.6. The number of rotatable bonds is 58. The Hall–Kier alpha value is -2.66. The van der Waals surface area contributed by atoms with Gasteiger partial charge in [0, 0.05) is 12.8 Å². The van der Waals surface area contributed by atoms with Gasteiger partial charge in [-0.2, -0.15) is 0 Å². The summed E-state index contributed by atoms with van der Waals surface area (Å²) in [6.07, 6.45) is 86.3. The third kappa shape index (κ3) is 59.9. The van der Waals surface area contributed by atoms with Crippen LogP contribution in [0.5, 0.6) is 0 Å². The monoisotopic (exact) mass is 1000 g/mol. The van der Waals surface area contributed by atoms with Crippen LogP contribution < -0.4 is 0 Å². The van der Waals surface area contributed by atoms with Crippen LogP contribution in [0.3, 0.4) is 0 Å². The minimum Gasteiger partial charge on any atom is -0.462 e. The summed E-state index contributed by atoms with van der Waals surface area (Å²) < 4.78 is 10.7. The number of hydrogen-bond acceptors (Lipinski definition) is 5. The first-order chi connectivity index (χ1) is 35.6. The Morgan fingerprint density at radius 2 is 0.597 bits per heavy atom. The molecule has 0 aliphatic rings. The highest BCUT2D eigenvalue weighted by Crippen LogP contribution is 2.17. The van der Waals surface area contributed by atoms with Gasteiger partial charge in [-0.15, -0.1) is 0 Å². The molecule has 0 saturated carbocycles. The number of esters is 2. The number of unbranched alkanes of at least 4 members (excludes halogenated alkanes) is 38. The fraction of sp³-hybridized carbons (Fsp3) is 0.791. The molecule has 0 rings (SSSR count). The van der Waals surface area contributed by atoms with Crippen molar-refractivity contribution in [3.63, 3.8) is 0 Å². The van der Waals surface area contributed by atoms with Crippen molar-refractivity contribution >= 4 is 11.9 Å². The number of allylic oxidation sites excluding steroid dienone is 12. The summed E-state index contributed by atoms with van der Waals surface area (Å²) >= 11 is 0. The normalized spacial score (nSPS) is 12.7. The van der Waals surface area contributed by atoms with E-state index in [0.29, 0.717) is 12.8 Å². The van der Waals surface area contributed by atoms with Gasteiger partial charge in [-0.25, -0.2) is 0 Å². The zero-order valence-electron chi connectivity index (χ0n) is 47.9. The van der Waals surface area contributed by atoms with E-state index in [9.17, 15) is 14.7 Å². The van der Waals surface area contributed by atoms with Crippen LogP contribution in [0.2, 0.25) is 0 Å². The summed E-state index contributed by atoms with van der Waals surface area (Å²) in [4.78, 5) is 24.5. The van der Waals surface area contributed by atoms with Gasteiger partial charge in [0.15, 0.2) is 6.10 Å². The van der Waals surface area contributed by atoms with Crippen molar-refractivity contribution < 1.29 is 24.2 Å². The van der Waals surface area contributed by atoms with Crippen molar-refractivity contribution in [3.8, 4) is 0 Å². The van der Waals surface area contributed by atoms with Crippen molar-refractivity contribution in [1.82, 2.24) is 0 Å². The minimum atomic E-state index is -0.786. The van der Waals surface area contributed by atoms with Gasteiger partial charge in [0.05, 0.1) is 6.61 Å². The van der Waals surface area contributed by atoms with Gasteiger partial charge in [0.2, 0.25) is 0 Å². The molecule has 0 aromatic carbocycles. The lowest BCUT2D eigenvalue weighted by atomic mass is 10.0. The van der Waals surface area contributed by atoms with Gasteiger partial charge in [0.25, 0.3) is 0 Å². The molecule has 0 bridgehead atoms. The lowest BCUT2D eigenvalue weighted by Crippen LogP contribution is -2.28. The van der Waals surface area contributed by atoms with Crippen LogP contribution in [0.15, 0.2) is 72.9 Å². The van der Waals surface area contributed by atoms with E-state index < -0.39 is 6.10 Å². The second-order valence-corrected chi connectivity index (χ2v) is 21.1. The maximum absolute atomic E-state index is 12.3. The molecule has 0 aromatic rings. The predicted molar refractivity (Wildman–Crippen MR) is 316 cm³/mol. The van der Waals surface area contributed by atoms with Crippen LogP contribution in [0.1, 0.15) is 322 Å². The Bertz CT molecular complexity index is 1270. The Balaban J connectivity index is 3.42. The van der Waals surface area contributed by atoms with Crippen LogP contribution >= 0.6 is 0 Å². The largest absolute Gasteiger partial charge is 0.462 e. The van der Waals surface area contributed by atoms with Crippen LogP contribution in [-0.2, 0) is 19.1 Å². The van der Waals surface area contributed by atoms with Crippen LogP contribution in [-0.4, -0.2) is 36.4 Å². The molecule has 0 radical (unpaired) electrons. The highest BCUT2D eigenvalue weighted by molar-refractivity contribution is 5.70. The number of hydrogen-bond donors (Lipinski definition) is 1. The van der Waals surface area contributed by atoms with Crippen LogP contribution in [0, 0.1) is 0 Å². The molecule has 1 unspecified atom stereocenters. The molecule has 1 atom stereocenters. The van der Waals surface area contributed by atoms with Crippen molar-refractivity contribution in [1.29, 1.82) is 0 Å². The molecule has 5 nitrogen and oxygen atoms in total. The number of carbonyl (C=O) groups excluding carboxylic acids is 2. The van der Waals surface area contributed by atoms with Crippen molar-refractivity contribution in [2.75, 3.05) is 13.2 Å². The summed E-state index contributed by atoms with van der Waals surface area (Å²) in [6, 6.07) is 0. The second-order valence-electron chi connectivity index (χ2n) is 21.1. The molecule has 418 valence electrons. The van der Waals surface area contributed by atoms with E-state index in [1.54, 1.807) is 0 Å². The van der Waals surface area contributed by atoms with Crippen molar-refractivity contribution in [3.05, 3.63) is 72.9 Å². The third-order valence-electron chi connectivity index (χ3n) is 14.0.